The van der Waals surface area contributed by atoms with E-state index in [1.54, 1.807) is 0 Å². The number of hydrogen-bond donors (Lipinski definition) is 2. The lowest BCUT2D eigenvalue weighted by Gasteiger charge is -2.04. The van der Waals surface area contributed by atoms with Crippen molar-refractivity contribution in [3.05, 3.63) is 29.8 Å². The molecule has 0 amide bonds. The summed E-state index contributed by atoms with van der Waals surface area (Å²) in [6.45, 7) is 0. The third kappa shape index (κ3) is 3.36. The smallest absolute Gasteiger partial charge is 0.282 e. The van der Waals surface area contributed by atoms with Crippen LogP contribution in [0.1, 0.15) is 5.56 Å². The first-order chi connectivity index (χ1) is 6.95. The molecule has 0 spiro atoms. The van der Waals surface area contributed by atoms with Crippen LogP contribution in [0.5, 0.6) is 0 Å². The second-order valence-electron chi connectivity index (χ2n) is 2.61. The van der Waals surface area contributed by atoms with Crippen LogP contribution in [0, 0.1) is 0 Å². The molecule has 0 aliphatic heterocycles. The maximum absolute atomic E-state index is 10.9. The van der Waals surface area contributed by atoms with Crippen molar-refractivity contribution in [1.82, 2.24) is 0 Å². The Morgan fingerprint density at radius 2 is 1.93 bits per heavy atom. The molecular weight excluding hydrogens is 244 g/mol. The van der Waals surface area contributed by atoms with Crippen molar-refractivity contribution in [2.45, 2.75) is 10.6 Å². The molecule has 6 nitrogen and oxygen atoms in total. The summed E-state index contributed by atoms with van der Waals surface area (Å²) in [6, 6.07) is 5.45. The summed E-state index contributed by atoms with van der Waals surface area (Å²) >= 11 is -2.04. The normalized spacial score (nSPS) is 13.7. The van der Waals surface area contributed by atoms with Crippen molar-refractivity contribution in [2.75, 3.05) is 0 Å². The Bertz CT molecular complexity index is 466. The Morgan fingerprint density at radius 1 is 1.33 bits per heavy atom. The van der Waals surface area contributed by atoms with Crippen LogP contribution in [-0.4, -0.2) is 22.4 Å². The molecule has 0 heterocycles. The van der Waals surface area contributed by atoms with E-state index in [0.717, 1.165) is 0 Å². The van der Waals surface area contributed by atoms with Crippen molar-refractivity contribution >= 4 is 21.2 Å². The van der Waals surface area contributed by atoms with Crippen LogP contribution in [0.4, 0.5) is 0 Å². The second-order valence-corrected chi connectivity index (χ2v) is 5.04. The predicted molar refractivity (Wildman–Crippen MR) is 51.8 cm³/mol. The molecule has 0 aliphatic carbocycles. The summed E-state index contributed by atoms with van der Waals surface area (Å²) < 4.78 is 44.9. The minimum Gasteiger partial charge on any atom is -0.282 e. The standard InChI is InChI=1S/C7H8O6S2/c8-13-14(9)5-6-3-1-2-4-7(6)15(10,11)12/h1-4,8H,5H2,(H,10,11,12). The number of rotatable bonds is 4. The van der Waals surface area contributed by atoms with Crippen molar-refractivity contribution in [3.63, 3.8) is 0 Å². The van der Waals surface area contributed by atoms with E-state index in [1.165, 1.54) is 24.3 Å². The van der Waals surface area contributed by atoms with Gasteiger partial charge < -0.3 is 0 Å². The zero-order chi connectivity index (χ0) is 11.5. The topological polar surface area (TPSA) is 101 Å². The lowest BCUT2D eigenvalue weighted by molar-refractivity contribution is -0.124. The fourth-order valence-corrected chi connectivity index (χ4v) is 2.40. The van der Waals surface area contributed by atoms with Crippen LogP contribution < -0.4 is 0 Å². The Morgan fingerprint density at radius 3 is 2.47 bits per heavy atom. The zero-order valence-corrected chi connectivity index (χ0v) is 8.99. The molecule has 0 radical (unpaired) electrons. The van der Waals surface area contributed by atoms with Crippen LogP contribution in [0.15, 0.2) is 29.2 Å². The average Bonchev–Trinajstić information content (AvgIpc) is 2.17. The first kappa shape index (κ1) is 12.3. The second kappa shape index (κ2) is 4.81. The molecule has 0 saturated carbocycles. The minimum atomic E-state index is -4.36. The van der Waals surface area contributed by atoms with Crippen LogP contribution >= 0.6 is 0 Å². The van der Waals surface area contributed by atoms with Gasteiger partial charge >= 0.3 is 0 Å². The van der Waals surface area contributed by atoms with Gasteiger partial charge in [0.05, 0.1) is 10.6 Å². The molecule has 1 aromatic rings. The van der Waals surface area contributed by atoms with Gasteiger partial charge in [0.2, 0.25) is 0 Å². The van der Waals surface area contributed by atoms with Gasteiger partial charge in [-0.05, 0) is 11.6 Å². The molecule has 0 aliphatic rings. The quantitative estimate of drug-likeness (QED) is 0.462. The van der Waals surface area contributed by atoms with Gasteiger partial charge in [-0.15, -0.1) is 4.33 Å². The summed E-state index contributed by atoms with van der Waals surface area (Å²) in [5.74, 6) is -0.327. The molecule has 0 saturated heterocycles. The Hall–Kier alpha value is -0.800. The van der Waals surface area contributed by atoms with E-state index in [9.17, 15) is 12.6 Å². The van der Waals surface area contributed by atoms with Crippen LogP contribution in [0.25, 0.3) is 0 Å². The van der Waals surface area contributed by atoms with Gasteiger partial charge in [0.25, 0.3) is 10.1 Å². The molecule has 84 valence electrons. The van der Waals surface area contributed by atoms with Crippen molar-refractivity contribution in [1.29, 1.82) is 0 Å². The highest BCUT2D eigenvalue weighted by atomic mass is 32.2. The van der Waals surface area contributed by atoms with Crippen molar-refractivity contribution in [3.8, 4) is 0 Å². The Labute approximate surface area is 88.8 Å². The summed E-state index contributed by atoms with van der Waals surface area (Å²) in [7, 11) is -4.36. The van der Waals surface area contributed by atoms with Crippen LogP contribution in [0.2, 0.25) is 0 Å². The van der Waals surface area contributed by atoms with Gasteiger partial charge in [-0.1, -0.05) is 18.2 Å². The Kier molecular flexibility index (Phi) is 3.94. The van der Waals surface area contributed by atoms with Crippen molar-refractivity contribution < 1.29 is 26.8 Å². The molecule has 1 rings (SSSR count). The third-order valence-electron chi connectivity index (χ3n) is 1.61. The SMILES string of the molecule is O=S(Cc1ccccc1S(=O)(=O)O)OO. The average molecular weight is 252 g/mol. The van der Waals surface area contributed by atoms with Gasteiger partial charge in [-0.3, -0.25) is 4.55 Å². The molecule has 1 unspecified atom stereocenters. The lowest BCUT2D eigenvalue weighted by atomic mass is 10.2. The highest BCUT2D eigenvalue weighted by Crippen LogP contribution is 2.16. The molecular formula is C7H8O6S2. The van der Waals surface area contributed by atoms with E-state index in [0.29, 0.717) is 0 Å². The lowest BCUT2D eigenvalue weighted by Crippen LogP contribution is -2.06. The molecule has 2 N–H and O–H groups in total. The predicted octanol–water partition coefficient (Wildman–Crippen LogP) is 0.587. The van der Waals surface area contributed by atoms with Crippen molar-refractivity contribution in [2.24, 2.45) is 0 Å². The summed E-state index contributed by atoms with van der Waals surface area (Å²) in [4.78, 5) is -0.351. The Balaban J connectivity index is 3.13. The summed E-state index contributed by atoms with van der Waals surface area (Å²) in [5.41, 5.74) is 0.104. The monoisotopic (exact) mass is 252 g/mol. The fourth-order valence-electron chi connectivity index (χ4n) is 1.03. The third-order valence-corrected chi connectivity index (χ3v) is 3.27. The van der Waals surface area contributed by atoms with E-state index >= 15 is 0 Å². The fraction of sp³-hybridized carbons (Fsp3) is 0.143. The molecule has 0 bridgehead atoms. The first-order valence-electron chi connectivity index (χ1n) is 3.71. The van der Waals surface area contributed by atoms with E-state index in [1.807, 2.05) is 0 Å². The van der Waals surface area contributed by atoms with Gasteiger partial charge in [-0.2, -0.15) is 8.42 Å². The largest absolute Gasteiger partial charge is 0.294 e. The molecule has 0 fully saturated rings. The number of benzene rings is 1. The maximum Gasteiger partial charge on any atom is 0.294 e. The van der Waals surface area contributed by atoms with E-state index in [-0.39, 0.29) is 16.2 Å². The number of hydrogen-bond acceptors (Lipinski definition) is 5. The zero-order valence-electron chi connectivity index (χ0n) is 7.36. The van der Waals surface area contributed by atoms with Gasteiger partial charge in [0.15, 0.2) is 11.1 Å². The maximum atomic E-state index is 10.9. The first-order valence-corrected chi connectivity index (χ1v) is 6.39. The molecule has 1 atom stereocenters. The summed E-state index contributed by atoms with van der Waals surface area (Å²) in [6.07, 6.45) is 0. The molecule has 0 aromatic heterocycles. The van der Waals surface area contributed by atoms with E-state index in [2.05, 4.69) is 4.33 Å². The molecule has 1 aromatic carbocycles. The molecule has 8 heteroatoms. The van der Waals surface area contributed by atoms with E-state index < -0.39 is 21.2 Å². The highest BCUT2D eigenvalue weighted by Gasteiger charge is 2.16. The highest BCUT2D eigenvalue weighted by molar-refractivity contribution is 7.86. The van der Waals surface area contributed by atoms with Gasteiger partial charge in [0.1, 0.15) is 0 Å². The van der Waals surface area contributed by atoms with Crippen LogP contribution in [-0.2, 0) is 31.3 Å². The van der Waals surface area contributed by atoms with E-state index in [4.69, 9.17) is 9.81 Å². The summed E-state index contributed by atoms with van der Waals surface area (Å²) in [5, 5.41) is 8.08. The molecule has 15 heavy (non-hydrogen) atoms. The minimum absolute atomic E-state index is 0.104. The van der Waals surface area contributed by atoms with Crippen LogP contribution in [0.3, 0.4) is 0 Å². The van der Waals surface area contributed by atoms with Gasteiger partial charge in [0, 0.05) is 0 Å². The van der Waals surface area contributed by atoms with Gasteiger partial charge in [-0.25, -0.2) is 9.47 Å².